The van der Waals surface area contributed by atoms with E-state index in [1.54, 1.807) is 36.4 Å². The van der Waals surface area contributed by atoms with Crippen molar-refractivity contribution in [3.63, 3.8) is 0 Å². The predicted octanol–water partition coefficient (Wildman–Crippen LogP) is 4.43. The molecule has 0 unspecified atom stereocenters. The number of halogens is 2. The van der Waals surface area contributed by atoms with E-state index in [1.807, 2.05) is 18.2 Å². The van der Waals surface area contributed by atoms with Crippen LogP contribution in [0.25, 0.3) is 11.1 Å². The minimum Gasteiger partial charge on any atom is -0.435 e. The van der Waals surface area contributed by atoms with Gasteiger partial charge < -0.3 is 10.1 Å². The first-order valence-corrected chi connectivity index (χ1v) is 8.63. The lowest BCUT2D eigenvalue weighted by Gasteiger charge is -2.09. The fraction of sp³-hybridized carbons (Fsp3) is 0.0909. The van der Waals surface area contributed by atoms with Gasteiger partial charge in [0.15, 0.2) is 5.78 Å². The van der Waals surface area contributed by atoms with Crippen LogP contribution in [0.2, 0.25) is 0 Å². The number of ketones is 1. The summed E-state index contributed by atoms with van der Waals surface area (Å²) in [6, 6.07) is 18.5. The molecule has 0 atom stereocenters. The lowest BCUT2D eigenvalue weighted by Crippen LogP contribution is -2.23. The van der Waals surface area contributed by atoms with Crippen LogP contribution in [0.1, 0.15) is 31.8 Å². The van der Waals surface area contributed by atoms with Gasteiger partial charge in [0.2, 0.25) is 0 Å². The second-order valence-electron chi connectivity index (χ2n) is 6.34. The summed E-state index contributed by atoms with van der Waals surface area (Å²) in [5, 5.41) is 2.73. The predicted molar refractivity (Wildman–Crippen MR) is 99.6 cm³/mol. The van der Waals surface area contributed by atoms with E-state index in [0.717, 1.165) is 11.1 Å². The molecule has 4 nitrogen and oxygen atoms in total. The topological polar surface area (TPSA) is 55.4 Å². The molecule has 1 amide bonds. The molecule has 1 aliphatic carbocycles. The van der Waals surface area contributed by atoms with Crippen molar-refractivity contribution in [1.82, 2.24) is 5.32 Å². The normalized spacial score (nSPS) is 11.9. The van der Waals surface area contributed by atoms with Gasteiger partial charge in [0, 0.05) is 23.2 Å². The molecule has 3 aromatic rings. The molecule has 6 heteroatoms. The number of carbonyl (C=O) groups is 2. The van der Waals surface area contributed by atoms with Gasteiger partial charge in [-0.1, -0.05) is 42.5 Å². The third-order valence-corrected chi connectivity index (χ3v) is 4.56. The number of alkyl halides is 2. The first-order valence-electron chi connectivity index (χ1n) is 8.63. The Morgan fingerprint density at radius 3 is 2.43 bits per heavy atom. The first-order chi connectivity index (χ1) is 13.5. The standard InChI is InChI=1S/C22H15F2NO3/c23-22(24)28-15-5-3-4-13(10-15)12-25-21(27)14-8-9-17-16-6-1-2-7-18(16)20(26)19(17)11-14/h1-11,22H,12H2,(H,25,27). The van der Waals surface area contributed by atoms with Crippen molar-refractivity contribution >= 4 is 11.7 Å². The Bertz CT molecular complexity index is 1080. The van der Waals surface area contributed by atoms with E-state index in [1.165, 1.54) is 12.1 Å². The highest BCUT2D eigenvalue weighted by Crippen LogP contribution is 2.36. The van der Waals surface area contributed by atoms with Crippen LogP contribution in [-0.4, -0.2) is 18.3 Å². The van der Waals surface area contributed by atoms with Crippen LogP contribution < -0.4 is 10.1 Å². The molecule has 3 aromatic carbocycles. The molecule has 0 saturated carbocycles. The second-order valence-corrected chi connectivity index (χ2v) is 6.34. The van der Waals surface area contributed by atoms with E-state index >= 15 is 0 Å². The number of fused-ring (bicyclic) bond motifs is 3. The van der Waals surface area contributed by atoms with Gasteiger partial charge in [-0.3, -0.25) is 9.59 Å². The summed E-state index contributed by atoms with van der Waals surface area (Å²) >= 11 is 0. The number of hydrogen-bond acceptors (Lipinski definition) is 3. The largest absolute Gasteiger partial charge is 0.435 e. The maximum absolute atomic E-state index is 12.6. The number of amides is 1. The van der Waals surface area contributed by atoms with Gasteiger partial charge in [0.1, 0.15) is 5.75 Å². The summed E-state index contributed by atoms with van der Waals surface area (Å²) in [5.41, 5.74) is 3.79. The number of ether oxygens (including phenoxy) is 1. The van der Waals surface area contributed by atoms with Gasteiger partial charge in [0.25, 0.3) is 5.91 Å². The molecule has 0 bridgehead atoms. The molecule has 0 fully saturated rings. The van der Waals surface area contributed by atoms with E-state index in [-0.39, 0.29) is 24.0 Å². The van der Waals surface area contributed by atoms with E-state index in [0.29, 0.717) is 22.3 Å². The Kier molecular flexibility index (Phi) is 4.61. The zero-order valence-corrected chi connectivity index (χ0v) is 14.6. The quantitative estimate of drug-likeness (QED) is 0.558. The van der Waals surface area contributed by atoms with Crippen LogP contribution >= 0.6 is 0 Å². The van der Waals surface area contributed by atoms with Crippen molar-refractivity contribution in [1.29, 1.82) is 0 Å². The van der Waals surface area contributed by atoms with Gasteiger partial charge in [-0.15, -0.1) is 0 Å². The molecule has 0 spiro atoms. The van der Waals surface area contributed by atoms with Gasteiger partial charge in [-0.2, -0.15) is 8.78 Å². The van der Waals surface area contributed by atoms with E-state index in [2.05, 4.69) is 10.1 Å². The molecule has 0 heterocycles. The molecule has 140 valence electrons. The minimum atomic E-state index is -2.90. The summed E-state index contributed by atoms with van der Waals surface area (Å²) in [5.74, 6) is -0.425. The van der Waals surface area contributed by atoms with E-state index in [9.17, 15) is 18.4 Å². The molecule has 28 heavy (non-hydrogen) atoms. The highest BCUT2D eigenvalue weighted by atomic mass is 19.3. The molecule has 0 aliphatic heterocycles. The van der Waals surface area contributed by atoms with Crippen molar-refractivity contribution in [3.05, 3.63) is 89.0 Å². The molecule has 0 aromatic heterocycles. The zero-order chi connectivity index (χ0) is 19.7. The lowest BCUT2D eigenvalue weighted by atomic mass is 10.0. The highest BCUT2D eigenvalue weighted by Gasteiger charge is 2.26. The second kappa shape index (κ2) is 7.23. The summed E-state index contributed by atoms with van der Waals surface area (Å²) in [7, 11) is 0. The molecule has 0 saturated heterocycles. The molecule has 1 N–H and O–H groups in total. The fourth-order valence-electron chi connectivity index (χ4n) is 3.29. The van der Waals surface area contributed by atoms with Crippen molar-refractivity contribution in [2.45, 2.75) is 13.2 Å². The van der Waals surface area contributed by atoms with Crippen LogP contribution in [0.5, 0.6) is 5.75 Å². The van der Waals surface area contributed by atoms with Crippen molar-refractivity contribution in [2.75, 3.05) is 0 Å². The summed E-state index contributed by atoms with van der Waals surface area (Å²) in [6.07, 6.45) is 0. The summed E-state index contributed by atoms with van der Waals surface area (Å²) < 4.78 is 29.0. The summed E-state index contributed by atoms with van der Waals surface area (Å²) in [6.45, 7) is -2.76. The Morgan fingerprint density at radius 2 is 1.64 bits per heavy atom. The SMILES string of the molecule is O=C(NCc1cccc(OC(F)F)c1)c1ccc2c(c1)C(=O)c1ccccc1-2. The molecule has 1 aliphatic rings. The van der Waals surface area contributed by atoms with Crippen molar-refractivity contribution in [2.24, 2.45) is 0 Å². The van der Waals surface area contributed by atoms with Crippen LogP contribution in [0.3, 0.4) is 0 Å². The van der Waals surface area contributed by atoms with Gasteiger partial charge in [0.05, 0.1) is 0 Å². The van der Waals surface area contributed by atoms with Crippen molar-refractivity contribution < 1.29 is 23.1 Å². The number of rotatable bonds is 5. The number of carbonyl (C=O) groups excluding carboxylic acids is 2. The lowest BCUT2D eigenvalue weighted by molar-refractivity contribution is -0.0498. The zero-order valence-electron chi connectivity index (χ0n) is 14.6. The first kappa shape index (κ1) is 17.9. The van der Waals surface area contributed by atoms with Crippen LogP contribution in [0, 0.1) is 0 Å². The Hall–Kier alpha value is -3.54. The number of benzene rings is 3. The monoisotopic (exact) mass is 379 g/mol. The van der Waals surface area contributed by atoms with E-state index < -0.39 is 6.61 Å². The van der Waals surface area contributed by atoms with Gasteiger partial charge >= 0.3 is 6.61 Å². The molecular formula is C22H15F2NO3. The van der Waals surface area contributed by atoms with Crippen molar-refractivity contribution in [3.8, 4) is 16.9 Å². The maximum Gasteiger partial charge on any atom is 0.387 e. The van der Waals surface area contributed by atoms with E-state index in [4.69, 9.17) is 0 Å². The van der Waals surface area contributed by atoms with Gasteiger partial charge in [-0.25, -0.2) is 0 Å². The maximum atomic E-state index is 12.6. The van der Waals surface area contributed by atoms with Gasteiger partial charge in [-0.05, 0) is 41.0 Å². The number of nitrogens with one attached hydrogen (secondary N) is 1. The third-order valence-electron chi connectivity index (χ3n) is 4.56. The minimum absolute atomic E-state index is 0.0302. The molecular weight excluding hydrogens is 364 g/mol. The van der Waals surface area contributed by atoms with Crippen LogP contribution in [0.15, 0.2) is 66.7 Å². The Morgan fingerprint density at radius 1 is 0.893 bits per heavy atom. The average Bonchev–Trinajstić information content (AvgIpc) is 2.98. The van der Waals surface area contributed by atoms with Crippen LogP contribution in [0.4, 0.5) is 8.78 Å². The molecule has 0 radical (unpaired) electrons. The Balaban J connectivity index is 1.49. The average molecular weight is 379 g/mol. The number of hydrogen-bond donors (Lipinski definition) is 1. The molecule has 4 rings (SSSR count). The summed E-state index contributed by atoms with van der Waals surface area (Å²) in [4.78, 5) is 25.0. The third kappa shape index (κ3) is 3.36. The smallest absolute Gasteiger partial charge is 0.387 e. The fourth-order valence-corrected chi connectivity index (χ4v) is 3.29. The van der Waals surface area contributed by atoms with Crippen LogP contribution in [-0.2, 0) is 6.54 Å². The highest BCUT2D eigenvalue weighted by molar-refractivity contribution is 6.22. The Labute approximate surface area is 159 Å².